The molecule has 0 aromatic carbocycles. The zero-order valence-corrected chi connectivity index (χ0v) is 12.2. The number of imidazole rings is 1. The van der Waals surface area contributed by atoms with Crippen LogP contribution in [0.5, 0.6) is 0 Å². The minimum Gasteiger partial charge on any atom is -0.378 e. The molecule has 0 unspecified atom stereocenters. The minimum absolute atomic E-state index is 0.0415. The van der Waals surface area contributed by atoms with E-state index in [2.05, 4.69) is 16.9 Å². The molecule has 0 atom stereocenters. The molecule has 110 valence electrons. The number of piperidine rings is 1. The van der Waals surface area contributed by atoms with E-state index in [0.717, 1.165) is 45.7 Å². The zero-order chi connectivity index (χ0) is 14.2. The molecule has 6 heteroatoms. The van der Waals surface area contributed by atoms with Gasteiger partial charge in [-0.1, -0.05) is 0 Å². The number of likely N-dealkylation sites (N-methyl/N-ethyl adjacent to an activating group) is 1. The number of aryl methyl sites for hydroxylation is 1. The van der Waals surface area contributed by atoms with Gasteiger partial charge in [-0.25, -0.2) is 4.98 Å². The van der Waals surface area contributed by atoms with E-state index in [1.807, 2.05) is 11.9 Å². The molecule has 2 saturated heterocycles. The summed E-state index contributed by atoms with van der Waals surface area (Å²) in [6.07, 6.45) is 5.40. The molecule has 20 heavy (non-hydrogen) atoms. The van der Waals surface area contributed by atoms with Gasteiger partial charge in [0.1, 0.15) is 5.69 Å². The van der Waals surface area contributed by atoms with E-state index in [1.54, 1.807) is 17.1 Å². The summed E-state index contributed by atoms with van der Waals surface area (Å²) in [6, 6.07) is 0. The number of nitrogens with zero attached hydrogens (tertiary/aromatic N) is 4. The molecule has 6 nitrogen and oxygen atoms in total. The van der Waals surface area contributed by atoms with Gasteiger partial charge in [-0.3, -0.25) is 9.69 Å². The van der Waals surface area contributed by atoms with Crippen LogP contribution >= 0.6 is 0 Å². The number of hydrogen-bond acceptors (Lipinski definition) is 4. The van der Waals surface area contributed by atoms with Gasteiger partial charge in [0.25, 0.3) is 5.91 Å². The highest BCUT2D eigenvalue weighted by molar-refractivity contribution is 5.92. The summed E-state index contributed by atoms with van der Waals surface area (Å²) in [5.41, 5.74) is 0.663. The van der Waals surface area contributed by atoms with E-state index in [1.165, 1.54) is 0 Å². The first kappa shape index (κ1) is 13.6. The Kier molecular flexibility index (Phi) is 3.52. The molecule has 0 bridgehead atoms. The Labute approximate surface area is 119 Å². The van der Waals surface area contributed by atoms with Crippen LogP contribution in [-0.2, 0) is 11.8 Å². The maximum absolute atomic E-state index is 12.4. The highest BCUT2D eigenvalue weighted by Crippen LogP contribution is 2.30. The predicted molar refractivity (Wildman–Crippen MR) is 74.5 cm³/mol. The van der Waals surface area contributed by atoms with Gasteiger partial charge in [0.05, 0.1) is 19.5 Å². The Balaban J connectivity index is 1.65. The van der Waals surface area contributed by atoms with E-state index in [0.29, 0.717) is 5.69 Å². The molecule has 1 amide bonds. The van der Waals surface area contributed by atoms with Crippen molar-refractivity contribution in [3.05, 3.63) is 18.2 Å². The number of rotatable bonds is 1. The zero-order valence-electron chi connectivity index (χ0n) is 12.2. The van der Waals surface area contributed by atoms with Gasteiger partial charge in [-0.15, -0.1) is 0 Å². The Morgan fingerprint density at radius 1 is 1.30 bits per heavy atom. The molecular formula is C14H22N4O2. The topological polar surface area (TPSA) is 50.6 Å². The van der Waals surface area contributed by atoms with E-state index in [9.17, 15) is 4.79 Å². The quantitative estimate of drug-likeness (QED) is 0.744. The molecule has 2 fully saturated rings. The first-order valence-electron chi connectivity index (χ1n) is 7.17. The van der Waals surface area contributed by atoms with Crippen molar-refractivity contribution < 1.29 is 9.53 Å². The lowest BCUT2D eigenvalue weighted by Gasteiger charge is -2.49. The number of carbonyl (C=O) groups excluding carboxylic acids is 1. The van der Waals surface area contributed by atoms with Crippen molar-refractivity contribution in [1.29, 1.82) is 0 Å². The van der Waals surface area contributed by atoms with Crippen LogP contribution in [0.3, 0.4) is 0 Å². The van der Waals surface area contributed by atoms with Crippen molar-refractivity contribution in [1.82, 2.24) is 19.4 Å². The summed E-state index contributed by atoms with van der Waals surface area (Å²) >= 11 is 0. The fourth-order valence-corrected chi connectivity index (χ4v) is 3.15. The molecule has 1 aromatic rings. The van der Waals surface area contributed by atoms with E-state index >= 15 is 0 Å². The number of aromatic nitrogens is 2. The van der Waals surface area contributed by atoms with E-state index in [4.69, 9.17) is 4.74 Å². The third-order valence-corrected chi connectivity index (χ3v) is 4.66. The summed E-state index contributed by atoms with van der Waals surface area (Å²) in [5, 5.41) is 0. The lowest BCUT2D eigenvalue weighted by Crippen LogP contribution is -2.60. The smallest absolute Gasteiger partial charge is 0.274 e. The van der Waals surface area contributed by atoms with Gasteiger partial charge in [0.2, 0.25) is 0 Å². The van der Waals surface area contributed by atoms with Gasteiger partial charge < -0.3 is 14.2 Å². The maximum Gasteiger partial charge on any atom is 0.274 e. The number of morpholine rings is 1. The number of hydrogen-bond donors (Lipinski definition) is 0. The molecule has 1 aromatic heterocycles. The lowest BCUT2D eigenvalue weighted by atomic mass is 9.85. The Morgan fingerprint density at radius 2 is 2.05 bits per heavy atom. The van der Waals surface area contributed by atoms with Crippen LogP contribution in [-0.4, -0.2) is 70.7 Å². The normalized spacial score (nSPS) is 23.2. The van der Waals surface area contributed by atoms with Gasteiger partial charge in [-0.05, 0) is 19.9 Å². The first-order valence-corrected chi connectivity index (χ1v) is 7.17. The summed E-state index contributed by atoms with van der Waals surface area (Å²) < 4.78 is 7.46. The lowest BCUT2D eigenvalue weighted by molar-refractivity contribution is -0.0796. The van der Waals surface area contributed by atoms with Crippen molar-refractivity contribution in [2.24, 2.45) is 7.05 Å². The molecular weight excluding hydrogens is 256 g/mol. The summed E-state index contributed by atoms with van der Waals surface area (Å²) in [7, 11) is 4.04. The second kappa shape index (κ2) is 5.18. The summed E-state index contributed by atoms with van der Waals surface area (Å²) in [4.78, 5) is 20.8. The molecule has 1 spiro atoms. The molecule has 3 heterocycles. The number of amides is 1. The van der Waals surface area contributed by atoms with Crippen molar-refractivity contribution in [2.45, 2.75) is 18.4 Å². The van der Waals surface area contributed by atoms with E-state index < -0.39 is 0 Å². The van der Waals surface area contributed by atoms with Crippen molar-refractivity contribution >= 4 is 5.91 Å². The number of likely N-dealkylation sites (tertiary alicyclic amines) is 1. The second-order valence-corrected chi connectivity index (χ2v) is 5.92. The minimum atomic E-state index is 0.0415. The second-order valence-electron chi connectivity index (χ2n) is 5.92. The maximum atomic E-state index is 12.4. The fraction of sp³-hybridized carbons (Fsp3) is 0.714. The largest absolute Gasteiger partial charge is 0.378 e. The molecule has 0 aliphatic carbocycles. The van der Waals surface area contributed by atoms with Gasteiger partial charge in [0.15, 0.2) is 0 Å². The molecule has 2 aliphatic rings. The Bertz CT molecular complexity index is 491. The molecule has 2 aliphatic heterocycles. The highest BCUT2D eigenvalue weighted by Gasteiger charge is 2.41. The van der Waals surface area contributed by atoms with Crippen molar-refractivity contribution in [2.75, 3.05) is 39.9 Å². The van der Waals surface area contributed by atoms with Crippen LogP contribution in [0.1, 0.15) is 23.3 Å². The van der Waals surface area contributed by atoms with Crippen LogP contribution in [0.25, 0.3) is 0 Å². The van der Waals surface area contributed by atoms with Gasteiger partial charge in [0, 0.05) is 38.4 Å². The number of ether oxygens (including phenoxy) is 1. The van der Waals surface area contributed by atoms with Crippen molar-refractivity contribution in [3.8, 4) is 0 Å². The average molecular weight is 278 g/mol. The third kappa shape index (κ3) is 2.33. The summed E-state index contributed by atoms with van der Waals surface area (Å²) in [6.45, 7) is 4.14. The Hall–Kier alpha value is -1.40. The fourth-order valence-electron chi connectivity index (χ4n) is 3.15. The van der Waals surface area contributed by atoms with Crippen LogP contribution in [0.15, 0.2) is 12.5 Å². The molecule has 0 N–H and O–H groups in total. The Morgan fingerprint density at radius 3 is 2.65 bits per heavy atom. The molecule has 0 saturated carbocycles. The average Bonchev–Trinajstić information content (AvgIpc) is 2.89. The summed E-state index contributed by atoms with van der Waals surface area (Å²) in [5.74, 6) is 0.0415. The van der Waals surface area contributed by atoms with Crippen LogP contribution in [0.2, 0.25) is 0 Å². The SMILES string of the molecule is CN1CCOCC12CCN(C(=O)c1cn(C)cn1)CC2. The highest BCUT2D eigenvalue weighted by atomic mass is 16.5. The van der Waals surface area contributed by atoms with Crippen molar-refractivity contribution in [3.63, 3.8) is 0 Å². The third-order valence-electron chi connectivity index (χ3n) is 4.66. The monoisotopic (exact) mass is 278 g/mol. The van der Waals surface area contributed by atoms with Gasteiger partial charge in [-0.2, -0.15) is 0 Å². The van der Waals surface area contributed by atoms with Crippen LogP contribution in [0.4, 0.5) is 0 Å². The molecule has 3 rings (SSSR count). The molecule has 0 radical (unpaired) electrons. The number of carbonyl (C=O) groups is 1. The standard InChI is InChI=1S/C14H22N4O2/c1-16-9-12(15-11-16)13(19)18-5-3-14(4-6-18)10-20-8-7-17(14)2/h9,11H,3-8,10H2,1-2H3. The predicted octanol–water partition coefficient (Wildman–Crippen LogP) is 0.357. The van der Waals surface area contributed by atoms with Crippen LogP contribution in [0, 0.1) is 0 Å². The van der Waals surface area contributed by atoms with Gasteiger partial charge >= 0.3 is 0 Å². The van der Waals surface area contributed by atoms with E-state index in [-0.39, 0.29) is 11.4 Å². The first-order chi connectivity index (χ1) is 9.61. The van der Waals surface area contributed by atoms with Crippen LogP contribution < -0.4 is 0 Å².